The van der Waals surface area contributed by atoms with Crippen LogP contribution in [0.15, 0.2) is 24.4 Å². The molecule has 2 N–H and O–H groups in total. The number of amides is 1. The molecule has 74 valence electrons. The molecule has 0 atom stereocenters. The quantitative estimate of drug-likeness (QED) is 0.663. The molecular weight excluding hydrogens is 180 g/mol. The predicted octanol–water partition coefficient (Wildman–Crippen LogP) is -0.136. The second-order valence-electron chi connectivity index (χ2n) is 3.21. The molecule has 2 rings (SSSR count). The van der Waals surface area contributed by atoms with Gasteiger partial charge in [0.2, 0.25) is 5.91 Å². The Hall–Kier alpha value is -1.78. The molecule has 0 unspecified atom stereocenters. The Balaban J connectivity index is 1.94. The molecular formula is C9H12N4O. The van der Waals surface area contributed by atoms with Crippen molar-refractivity contribution in [1.82, 2.24) is 14.7 Å². The standard InChI is InChI=1S/C9H12N4O/c10-8-3-6-13(11-8)7-9(14)12-4-1-2-5-12/h1-3,6H,4-5,7H2,(H2,10,11). The Morgan fingerprint density at radius 3 is 2.79 bits per heavy atom. The summed E-state index contributed by atoms with van der Waals surface area (Å²) < 4.78 is 1.55. The molecule has 0 saturated carbocycles. The fourth-order valence-corrected chi connectivity index (χ4v) is 1.39. The molecule has 1 aromatic rings. The average molecular weight is 192 g/mol. The van der Waals surface area contributed by atoms with Crippen molar-refractivity contribution in [2.45, 2.75) is 6.54 Å². The number of nitrogens with zero attached hydrogens (tertiary/aromatic N) is 3. The Labute approximate surface area is 81.8 Å². The van der Waals surface area contributed by atoms with Crippen molar-refractivity contribution in [1.29, 1.82) is 0 Å². The molecule has 0 aromatic carbocycles. The van der Waals surface area contributed by atoms with Gasteiger partial charge in [-0.3, -0.25) is 9.48 Å². The van der Waals surface area contributed by atoms with Gasteiger partial charge in [-0.25, -0.2) is 0 Å². The molecule has 1 aliphatic heterocycles. The summed E-state index contributed by atoms with van der Waals surface area (Å²) in [5.74, 6) is 0.510. The van der Waals surface area contributed by atoms with E-state index in [-0.39, 0.29) is 12.5 Å². The maximum absolute atomic E-state index is 11.6. The van der Waals surface area contributed by atoms with Gasteiger partial charge in [0.05, 0.1) is 0 Å². The maximum atomic E-state index is 11.6. The summed E-state index contributed by atoms with van der Waals surface area (Å²) in [7, 11) is 0. The summed E-state index contributed by atoms with van der Waals surface area (Å²) in [6, 6.07) is 1.68. The molecule has 5 nitrogen and oxygen atoms in total. The lowest BCUT2D eigenvalue weighted by Crippen LogP contribution is -2.31. The van der Waals surface area contributed by atoms with Crippen LogP contribution in [0.5, 0.6) is 0 Å². The minimum absolute atomic E-state index is 0.0677. The van der Waals surface area contributed by atoms with E-state index in [2.05, 4.69) is 5.10 Å². The van der Waals surface area contributed by atoms with Crippen LogP contribution in [0.3, 0.4) is 0 Å². The molecule has 1 aromatic heterocycles. The van der Waals surface area contributed by atoms with Gasteiger partial charge in [-0.2, -0.15) is 5.10 Å². The molecule has 1 aliphatic rings. The first kappa shape index (κ1) is 8.80. The van der Waals surface area contributed by atoms with E-state index in [1.54, 1.807) is 21.8 Å². The van der Waals surface area contributed by atoms with Gasteiger partial charge in [0.25, 0.3) is 0 Å². The fraction of sp³-hybridized carbons (Fsp3) is 0.333. The van der Waals surface area contributed by atoms with Crippen molar-refractivity contribution in [3.8, 4) is 0 Å². The Kier molecular flexibility index (Phi) is 2.22. The molecule has 14 heavy (non-hydrogen) atoms. The van der Waals surface area contributed by atoms with Crippen LogP contribution in [0.25, 0.3) is 0 Å². The molecule has 5 heteroatoms. The van der Waals surface area contributed by atoms with Gasteiger partial charge in [0, 0.05) is 19.3 Å². The molecule has 0 aliphatic carbocycles. The van der Waals surface area contributed by atoms with Gasteiger partial charge in [0.15, 0.2) is 0 Å². The normalized spacial score (nSPS) is 15.0. The van der Waals surface area contributed by atoms with Gasteiger partial charge in [-0.1, -0.05) is 12.2 Å². The number of nitrogens with two attached hydrogens (primary N) is 1. The molecule has 2 heterocycles. The number of aromatic nitrogens is 2. The van der Waals surface area contributed by atoms with E-state index in [0.717, 1.165) is 0 Å². The van der Waals surface area contributed by atoms with Gasteiger partial charge in [0.1, 0.15) is 12.4 Å². The van der Waals surface area contributed by atoms with Crippen LogP contribution in [0.1, 0.15) is 0 Å². The van der Waals surface area contributed by atoms with Crippen molar-refractivity contribution in [3.05, 3.63) is 24.4 Å². The van der Waals surface area contributed by atoms with Crippen LogP contribution >= 0.6 is 0 Å². The van der Waals surface area contributed by atoms with E-state index in [0.29, 0.717) is 18.9 Å². The maximum Gasteiger partial charge on any atom is 0.244 e. The number of hydrogen-bond donors (Lipinski definition) is 1. The molecule has 0 bridgehead atoms. The van der Waals surface area contributed by atoms with Crippen LogP contribution in [0, 0.1) is 0 Å². The lowest BCUT2D eigenvalue weighted by atomic mass is 10.5. The zero-order valence-electron chi connectivity index (χ0n) is 7.76. The molecule has 0 radical (unpaired) electrons. The summed E-state index contributed by atoms with van der Waals surface area (Å²) in [5.41, 5.74) is 5.44. The van der Waals surface area contributed by atoms with Crippen molar-refractivity contribution < 1.29 is 4.79 Å². The van der Waals surface area contributed by atoms with Crippen molar-refractivity contribution in [2.24, 2.45) is 0 Å². The summed E-state index contributed by atoms with van der Waals surface area (Å²) in [6.45, 7) is 1.67. The first-order valence-corrected chi connectivity index (χ1v) is 4.47. The first-order chi connectivity index (χ1) is 6.75. The van der Waals surface area contributed by atoms with Crippen LogP contribution in [0.2, 0.25) is 0 Å². The van der Waals surface area contributed by atoms with E-state index in [1.807, 2.05) is 12.2 Å². The van der Waals surface area contributed by atoms with Crippen molar-refractivity contribution in [3.63, 3.8) is 0 Å². The van der Waals surface area contributed by atoms with E-state index in [4.69, 9.17) is 5.73 Å². The molecule has 0 spiro atoms. The number of hydrogen-bond acceptors (Lipinski definition) is 3. The van der Waals surface area contributed by atoms with E-state index < -0.39 is 0 Å². The van der Waals surface area contributed by atoms with Gasteiger partial charge >= 0.3 is 0 Å². The zero-order chi connectivity index (χ0) is 9.97. The van der Waals surface area contributed by atoms with Crippen LogP contribution in [0.4, 0.5) is 5.82 Å². The van der Waals surface area contributed by atoms with Gasteiger partial charge < -0.3 is 10.6 Å². The van der Waals surface area contributed by atoms with Gasteiger partial charge in [-0.15, -0.1) is 0 Å². The average Bonchev–Trinajstić information content (AvgIpc) is 2.75. The molecule has 1 amide bonds. The third-order valence-electron chi connectivity index (χ3n) is 2.13. The lowest BCUT2D eigenvalue weighted by Gasteiger charge is -2.14. The van der Waals surface area contributed by atoms with Crippen LogP contribution in [-0.4, -0.2) is 33.7 Å². The second-order valence-corrected chi connectivity index (χ2v) is 3.21. The fourth-order valence-electron chi connectivity index (χ4n) is 1.39. The molecule has 0 saturated heterocycles. The molecule has 0 fully saturated rings. The first-order valence-electron chi connectivity index (χ1n) is 4.47. The SMILES string of the molecule is Nc1ccn(CC(=O)N2CC=CC2)n1. The van der Waals surface area contributed by atoms with E-state index in [9.17, 15) is 4.79 Å². The Bertz CT molecular complexity index is 361. The number of nitrogen functional groups attached to an aromatic ring is 1. The minimum Gasteiger partial charge on any atom is -0.382 e. The third-order valence-corrected chi connectivity index (χ3v) is 2.13. The number of carbonyl (C=O) groups excluding carboxylic acids is 1. The van der Waals surface area contributed by atoms with Crippen molar-refractivity contribution in [2.75, 3.05) is 18.8 Å². The second kappa shape index (κ2) is 3.53. The highest BCUT2D eigenvalue weighted by Gasteiger charge is 2.14. The predicted molar refractivity (Wildman–Crippen MR) is 52.4 cm³/mol. The number of anilines is 1. The number of rotatable bonds is 2. The van der Waals surface area contributed by atoms with Gasteiger partial charge in [-0.05, 0) is 6.07 Å². The van der Waals surface area contributed by atoms with E-state index in [1.165, 1.54) is 0 Å². The smallest absolute Gasteiger partial charge is 0.244 e. The summed E-state index contributed by atoms with van der Waals surface area (Å²) in [6.07, 6.45) is 5.67. The zero-order valence-corrected chi connectivity index (χ0v) is 7.76. The Morgan fingerprint density at radius 1 is 1.50 bits per heavy atom. The largest absolute Gasteiger partial charge is 0.382 e. The lowest BCUT2D eigenvalue weighted by molar-refractivity contribution is -0.130. The van der Waals surface area contributed by atoms with Crippen LogP contribution < -0.4 is 5.73 Å². The summed E-state index contributed by atoms with van der Waals surface area (Å²) in [4.78, 5) is 13.4. The minimum atomic E-state index is 0.0677. The highest BCUT2D eigenvalue weighted by atomic mass is 16.2. The highest BCUT2D eigenvalue weighted by Crippen LogP contribution is 2.02. The highest BCUT2D eigenvalue weighted by molar-refractivity contribution is 5.76. The van der Waals surface area contributed by atoms with Crippen LogP contribution in [-0.2, 0) is 11.3 Å². The van der Waals surface area contributed by atoms with E-state index >= 15 is 0 Å². The Morgan fingerprint density at radius 2 is 2.21 bits per heavy atom. The monoisotopic (exact) mass is 192 g/mol. The summed E-state index contributed by atoms with van der Waals surface area (Å²) >= 11 is 0. The topological polar surface area (TPSA) is 64.2 Å². The number of carbonyl (C=O) groups is 1. The third kappa shape index (κ3) is 1.76. The summed E-state index contributed by atoms with van der Waals surface area (Å²) in [5, 5.41) is 3.95. The van der Waals surface area contributed by atoms with Crippen molar-refractivity contribution >= 4 is 11.7 Å².